The van der Waals surface area contributed by atoms with Gasteiger partial charge in [-0.3, -0.25) is 9.89 Å². The number of nitrogens with two attached hydrogens (primary N) is 1. The maximum Gasteiger partial charge on any atom is 0.253 e. The number of halogens is 1. The highest BCUT2D eigenvalue weighted by Crippen LogP contribution is 2.18. The number of aromatic nitrogens is 3. The van der Waals surface area contributed by atoms with Gasteiger partial charge in [0.2, 0.25) is 0 Å². The minimum absolute atomic E-state index is 0.265. The van der Waals surface area contributed by atoms with Gasteiger partial charge in [-0.2, -0.15) is 5.10 Å². The summed E-state index contributed by atoms with van der Waals surface area (Å²) in [4.78, 5) is 15.8. The quantitative estimate of drug-likeness (QED) is 0.493. The van der Waals surface area contributed by atoms with Crippen LogP contribution in [-0.2, 0) is 6.54 Å². The van der Waals surface area contributed by atoms with Gasteiger partial charge in [0, 0.05) is 24.0 Å². The predicted octanol–water partition coefficient (Wildman–Crippen LogP) is 0.982. The fourth-order valence-corrected chi connectivity index (χ4v) is 1.72. The minimum Gasteiger partial charge on any atom is -0.348 e. The van der Waals surface area contributed by atoms with Gasteiger partial charge in [0.15, 0.2) is 5.82 Å². The average Bonchev–Trinajstić information content (AvgIpc) is 2.81. The van der Waals surface area contributed by atoms with Crippen molar-refractivity contribution in [3.8, 4) is 0 Å². The van der Waals surface area contributed by atoms with Crippen LogP contribution in [0.4, 0.5) is 5.82 Å². The van der Waals surface area contributed by atoms with Crippen molar-refractivity contribution in [1.29, 1.82) is 0 Å². The number of aryl methyl sites for hydroxylation is 1. The highest BCUT2D eigenvalue weighted by atomic mass is 35.5. The highest BCUT2D eigenvalue weighted by Gasteiger charge is 2.10. The number of carbonyl (C=O) groups is 1. The van der Waals surface area contributed by atoms with Crippen molar-refractivity contribution in [2.75, 3.05) is 5.43 Å². The standard InChI is InChI=1S/C11H13ClN6O/c1-6-8(5-16-18-6)4-15-11(19)7-2-9(12)10(17-13)14-3-7/h2-3,5H,4,13H2,1H3,(H,14,17)(H,15,19)(H,16,18). The Kier molecular flexibility index (Phi) is 3.98. The summed E-state index contributed by atoms with van der Waals surface area (Å²) in [6.07, 6.45) is 3.07. The normalized spacial score (nSPS) is 10.3. The fourth-order valence-electron chi connectivity index (χ4n) is 1.50. The second-order valence-electron chi connectivity index (χ2n) is 3.90. The van der Waals surface area contributed by atoms with Gasteiger partial charge >= 0.3 is 0 Å². The fraction of sp³-hybridized carbons (Fsp3) is 0.182. The van der Waals surface area contributed by atoms with E-state index >= 15 is 0 Å². The lowest BCUT2D eigenvalue weighted by Gasteiger charge is -2.06. The van der Waals surface area contributed by atoms with Crippen molar-refractivity contribution in [2.24, 2.45) is 5.84 Å². The van der Waals surface area contributed by atoms with Gasteiger partial charge < -0.3 is 10.7 Å². The molecule has 0 atom stereocenters. The first-order chi connectivity index (χ1) is 9.11. The van der Waals surface area contributed by atoms with E-state index in [1.807, 2.05) is 6.92 Å². The molecule has 0 fully saturated rings. The monoisotopic (exact) mass is 280 g/mol. The number of anilines is 1. The number of hydrogen-bond acceptors (Lipinski definition) is 5. The topological polar surface area (TPSA) is 109 Å². The highest BCUT2D eigenvalue weighted by molar-refractivity contribution is 6.33. The average molecular weight is 281 g/mol. The predicted molar refractivity (Wildman–Crippen MR) is 71.6 cm³/mol. The summed E-state index contributed by atoms with van der Waals surface area (Å²) in [6.45, 7) is 2.27. The Morgan fingerprint density at radius 1 is 1.53 bits per heavy atom. The Morgan fingerprint density at radius 3 is 2.89 bits per heavy atom. The Morgan fingerprint density at radius 2 is 2.32 bits per heavy atom. The van der Waals surface area contributed by atoms with E-state index < -0.39 is 0 Å². The Labute approximate surface area is 114 Å². The number of H-pyrrole nitrogens is 1. The van der Waals surface area contributed by atoms with Crippen molar-refractivity contribution in [3.05, 3.63) is 40.3 Å². The van der Waals surface area contributed by atoms with Gasteiger partial charge in [-0.15, -0.1) is 0 Å². The molecule has 2 aromatic rings. The zero-order valence-electron chi connectivity index (χ0n) is 10.2. The number of carbonyl (C=O) groups excluding carboxylic acids is 1. The maximum atomic E-state index is 11.9. The second-order valence-corrected chi connectivity index (χ2v) is 4.31. The molecule has 2 heterocycles. The molecule has 7 nitrogen and oxygen atoms in total. The third kappa shape index (κ3) is 3.01. The first-order valence-corrected chi connectivity index (χ1v) is 5.89. The van der Waals surface area contributed by atoms with E-state index in [0.29, 0.717) is 17.9 Å². The molecule has 0 aliphatic carbocycles. The number of pyridine rings is 1. The van der Waals surface area contributed by atoms with Crippen LogP contribution < -0.4 is 16.6 Å². The van der Waals surface area contributed by atoms with Crippen LogP contribution in [0.25, 0.3) is 0 Å². The summed E-state index contributed by atoms with van der Waals surface area (Å²) in [7, 11) is 0. The van der Waals surface area contributed by atoms with E-state index in [4.69, 9.17) is 17.4 Å². The molecule has 0 bridgehead atoms. The Bertz CT molecular complexity index is 597. The van der Waals surface area contributed by atoms with Gasteiger partial charge in [0.25, 0.3) is 5.91 Å². The van der Waals surface area contributed by atoms with Crippen LogP contribution in [0.5, 0.6) is 0 Å². The third-order valence-corrected chi connectivity index (χ3v) is 2.90. The van der Waals surface area contributed by atoms with Crippen LogP contribution in [-0.4, -0.2) is 21.1 Å². The summed E-state index contributed by atoms with van der Waals surface area (Å²) in [5.41, 5.74) is 4.54. The lowest BCUT2D eigenvalue weighted by Crippen LogP contribution is -2.23. The number of rotatable bonds is 4. The van der Waals surface area contributed by atoms with E-state index in [2.05, 4.69) is 25.9 Å². The van der Waals surface area contributed by atoms with Crippen LogP contribution in [0.2, 0.25) is 5.02 Å². The summed E-state index contributed by atoms with van der Waals surface area (Å²) >= 11 is 5.90. The lowest BCUT2D eigenvalue weighted by atomic mass is 10.2. The smallest absolute Gasteiger partial charge is 0.253 e. The molecule has 0 spiro atoms. The van der Waals surface area contributed by atoms with Crippen LogP contribution in [0.15, 0.2) is 18.5 Å². The molecule has 0 unspecified atom stereocenters. The molecule has 5 N–H and O–H groups in total. The summed E-state index contributed by atoms with van der Waals surface area (Å²) in [5, 5.41) is 9.72. The molecule has 2 rings (SSSR count). The number of amides is 1. The largest absolute Gasteiger partial charge is 0.348 e. The summed E-state index contributed by atoms with van der Waals surface area (Å²) in [5.74, 6) is 5.27. The van der Waals surface area contributed by atoms with Crippen molar-refractivity contribution >= 4 is 23.3 Å². The Hall–Kier alpha value is -2.12. The molecule has 0 saturated carbocycles. The van der Waals surface area contributed by atoms with Gasteiger partial charge in [-0.05, 0) is 13.0 Å². The van der Waals surface area contributed by atoms with Crippen LogP contribution in [0.1, 0.15) is 21.6 Å². The molecular formula is C11H13ClN6O. The molecule has 19 heavy (non-hydrogen) atoms. The van der Waals surface area contributed by atoms with Crippen LogP contribution >= 0.6 is 11.6 Å². The number of hydrogen-bond donors (Lipinski definition) is 4. The van der Waals surface area contributed by atoms with E-state index in [-0.39, 0.29) is 10.9 Å². The third-order valence-electron chi connectivity index (χ3n) is 2.61. The van der Waals surface area contributed by atoms with E-state index in [0.717, 1.165) is 11.3 Å². The molecule has 0 radical (unpaired) electrons. The number of nitrogens with one attached hydrogen (secondary N) is 3. The van der Waals surface area contributed by atoms with Crippen LogP contribution in [0, 0.1) is 6.92 Å². The molecule has 0 aliphatic rings. The van der Waals surface area contributed by atoms with Gasteiger partial charge in [-0.1, -0.05) is 11.6 Å². The van der Waals surface area contributed by atoms with Crippen molar-refractivity contribution in [1.82, 2.24) is 20.5 Å². The van der Waals surface area contributed by atoms with Gasteiger partial charge in [0.05, 0.1) is 16.8 Å². The lowest BCUT2D eigenvalue weighted by molar-refractivity contribution is 0.0950. The number of aromatic amines is 1. The SMILES string of the molecule is Cc1[nH]ncc1CNC(=O)c1cnc(NN)c(Cl)c1. The molecule has 100 valence electrons. The molecule has 0 aromatic carbocycles. The van der Waals surface area contributed by atoms with E-state index in [1.165, 1.54) is 12.3 Å². The van der Waals surface area contributed by atoms with E-state index in [9.17, 15) is 4.79 Å². The molecule has 0 saturated heterocycles. The maximum absolute atomic E-state index is 11.9. The first kappa shape index (κ1) is 13.3. The molecule has 1 amide bonds. The molecule has 2 aromatic heterocycles. The van der Waals surface area contributed by atoms with Gasteiger partial charge in [0.1, 0.15) is 0 Å². The number of nitrogen functional groups attached to an aromatic ring is 1. The molecule has 0 aliphatic heterocycles. The van der Waals surface area contributed by atoms with Gasteiger partial charge in [-0.25, -0.2) is 10.8 Å². The zero-order valence-corrected chi connectivity index (χ0v) is 11.0. The van der Waals surface area contributed by atoms with Crippen molar-refractivity contribution in [2.45, 2.75) is 13.5 Å². The molecule has 8 heteroatoms. The first-order valence-electron chi connectivity index (χ1n) is 5.51. The van der Waals surface area contributed by atoms with E-state index in [1.54, 1.807) is 6.20 Å². The Balaban J connectivity index is 2.04. The number of nitrogens with zero attached hydrogens (tertiary/aromatic N) is 2. The van der Waals surface area contributed by atoms with Crippen molar-refractivity contribution < 1.29 is 4.79 Å². The second kappa shape index (κ2) is 5.68. The summed E-state index contributed by atoms with van der Waals surface area (Å²) < 4.78 is 0. The van der Waals surface area contributed by atoms with Crippen molar-refractivity contribution in [3.63, 3.8) is 0 Å². The zero-order chi connectivity index (χ0) is 13.8. The van der Waals surface area contributed by atoms with Crippen LogP contribution in [0.3, 0.4) is 0 Å². The summed E-state index contributed by atoms with van der Waals surface area (Å²) in [6, 6.07) is 1.50. The number of hydrazine groups is 1. The minimum atomic E-state index is -0.265. The molecular weight excluding hydrogens is 268 g/mol.